The molecular formula is C25H30N4O2. The van der Waals surface area contributed by atoms with Crippen molar-refractivity contribution in [3.63, 3.8) is 0 Å². The number of hydrogen-bond acceptors (Lipinski definition) is 5. The van der Waals surface area contributed by atoms with Gasteiger partial charge in [0.1, 0.15) is 5.76 Å². The zero-order valence-electron chi connectivity index (χ0n) is 18.3. The summed E-state index contributed by atoms with van der Waals surface area (Å²) in [7, 11) is 0. The number of rotatable bonds is 7. The molecule has 4 rings (SSSR count). The summed E-state index contributed by atoms with van der Waals surface area (Å²) in [5.41, 5.74) is 4.14. The number of aromatic nitrogens is 2. The van der Waals surface area contributed by atoms with Crippen LogP contribution >= 0.6 is 0 Å². The first-order valence-electron chi connectivity index (χ1n) is 11.0. The van der Waals surface area contributed by atoms with Crippen molar-refractivity contribution in [1.82, 2.24) is 19.9 Å². The molecule has 0 N–H and O–H groups in total. The van der Waals surface area contributed by atoms with Crippen LogP contribution < -0.4 is 0 Å². The first kappa shape index (κ1) is 21.2. The summed E-state index contributed by atoms with van der Waals surface area (Å²) in [6.07, 6.45) is 5.74. The van der Waals surface area contributed by atoms with Gasteiger partial charge in [-0.25, -0.2) is 0 Å². The normalized spacial score (nSPS) is 15.2. The van der Waals surface area contributed by atoms with Gasteiger partial charge >= 0.3 is 0 Å². The van der Waals surface area contributed by atoms with Crippen LogP contribution in [-0.4, -0.2) is 45.5 Å². The summed E-state index contributed by atoms with van der Waals surface area (Å²) in [6.45, 7) is 8.33. The van der Waals surface area contributed by atoms with Gasteiger partial charge in [0.15, 0.2) is 5.69 Å². The van der Waals surface area contributed by atoms with E-state index in [1.165, 1.54) is 11.1 Å². The number of aryl methyl sites for hydroxylation is 2. The van der Waals surface area contributed by atoms with Crippen molar-refractivity contribution in [2.75, 3.05) is 19.6 Å². The highest BCUT2D eigenvalue weighted by molar-refractivity contribution is 5.92. The lowest BCUT2D eigenvalue weighted by Crippen LogP contribution is -2.40. The predicted octanol–water partition coefficient (Wildman–Crippen LogP) is 4.24. The maximum atomic E-state index is 13.2. The molecule has 0 saturated carbocycles. The molecule has 0 atom stereocenters. The van der Waals surface area contributed by atoms with Crippen LogP contribution in [0.1, 0.15) is 45.8 Å². The van der Waals surface area contributed by atoms with Gasteiger partial charge in [-0.2, -0.15) is 0 Å². The van der Waals surface area contributed by atoms with E-state index < -0.39 is 0 Å². The molecule has 0 radical (unpaired) electrons. The monoisotopic (exact) mass is 418 g/mol. The van der Waals surface area contributed by atoms with Gasteiger partial charge in [0.05, 0.1) is 0 Å². The van der Waals surface area contributed by atoms with E-state index in [0.717, 1.165) is 44.6 Å². The van der Waals surface area contributed by atoms with Crippen molar-refractivity contribution < 1.29 is 9.32 Å². The van der Waals surface area contributed by atoms with E-state index in [9.17, 15) is 4.79 Å². The molecule has 3 aromatic rings. The van der Waals surface area contributed by atoms with Gasteiger partial charge in [0, 0.05) is 38.1 Å². The van der Waals surface area contributed by atoms with Crippen molar-refractivity contribution in [2.45, 2.75) is 39.8 Å². The Labute approximate surface area is 183 Å². The lowest BCUT2D eigenvalue weighted by Gasteiger charge is -2.35. The van der Waals surface area contributed by atoms with Gasteiger partial charge in [-0.05, 0) is 68.5 Å². The third-order valence-electron chi connectivity index (χ3n) is 6.07. The Morgan fingerprint density at radius 1 is 1.16 bits per heavy atom. The first-order chi connectivity index (χ1) is 15.1. The molecule has 2 aromatic heterocycles. The van der Waals surface area contributed by atoms with Crippen LogP contribution in [0.4, 0.5) is 0 Å². The van der Waals surface area contributed by atoms with E-state index in [1.807, 2.05) is 23.2 Å². The SMILES string of the molecule is Cc1cc(C(=O)N(Cc2cccnc2)CC2CCN(Cc3ccccc3C)CC2)no1. The lowest BCUT2D eigenvalue weighted by molar-refractivity contribution is 0.0661. The minimum absolute atomic E-state index is 0.0805. The molecule has 162 valence electrons. The van der Waals surface area contributed by atoms with Gasteiger partial charge in [-0.3, -0.25) is 14.7 Å². The van der Waals surface area contributed by atoms with Crippen LogP contribution in [0.25, 0.3) is 0 Å². The zero-order chi connectivity index (χ0) is 21.6. The van der Waals surface area contributed by atoms with E-state index in [4.69, 9.17) is 4.52 Å². The van der Waals surface area contributed by atoms with E-state index in [-0.39, 0.29) is 5.91 Å². The molecule has 0 spiro atoms. The number of hydrogen-bond donors (Lipinski definition) is 0. The van der Waals surface area contributed by atoms with Crippen LogP contribution in [0.5, 0.6) is 0 Å². The summed E-state index contributed by atoms with van der Waals surface area (Å²) < 4.78 is 5.14. The molecule has 0 bridgehead atoms. The van der Waals surface area contributed by atoms with Gasteiger partial charge in [0.25, 0.3) is 5.91 Å². The number of nitrogens with zero attached hydrogens (tertiary/aromatic N) is 4. The minimum Gasteiger partial charge on any atom is -0.361 e. The Kier molecular flexibility index (Phi) is 6.77. The fraction of sp³-hybridized carbons (Fsp3) is 0.400. The van der Waals surface area contributed by atoms with Crippen LogP contribution in [0, 0.1) is 19.8 Å². The number of carbonyl (C=O) groups is 1. The summed E-state index contributed by atoms with van der Waals surface area (Å²) in [4.78, 5) is 21.8. The topological polar surface area (TPSA) is 62.5 Å². The summed E-state index contributed by atoms with van der Waals surface area (Å²) in [6, 6.07) is 14.2. The van der Waals surface area contributed by atoms with Gasteiger partial charge in [-0.15, -0.1) is 0 Å². The Bertz CT molecular complexity index is 994. The molecule has 3 heterocycles. The van der Waals surface area contributed by atoms with E-state index in [2.05, 4.69) is 46.2 Å². The van der Waals surface area contributed by atoms with Gasteiger partial charge in [0.2, 0.25) is 0 Å². The molecule has 1 aromatic carbocycles. The highest BCUT2D eigenvalue weighted by Gasteiger charge is 2.26. The number of amides is 1. The van der Waals surface area contributed by atoms with Gasteiger partial charge < -0.3 is 9.42 Å². The number of pyridine rings is 1. The lowest BCUT2D eigenvalue weighted by atomic mass is 9.95. The summed E-state index contributed by atoms with van der Waals surface area (Å²) >= 11 is 0. The predicted molar refractivity (Wildman–Crippen MR) is 119 cm³/mol. The zero-order valence-corrected chi connectivity index (χ0v) is 18.3. The number of carbonyl (C=O) groups excluding carboxylic acids is 1. The third-order valence-corrected chi connectivity index (χ3v) is 6.07. The molecular weight excluding hydrogens is 388 g/mol. The Morgan fingerprint density at radius 3 is 2.65 bits per heavy atom. The van der Waals surface area contributed by atoms with Gasteiger partial charge in [-0.1, -0.05) is 35.5 Å². The maximum Gasteiger partial charge on any atom is 0.276 e. The Hall–Kier alpha value is -2.99. The smallest absolute Gasteiger partial charge is 0.276 e. The van der Waals surface area contributed by atoms with Crippen molar-refractivity contribution in [1.29, 1.82) is 0 Å². The first-order valence-corrected chi connectivity index (χ1v) is 11.0. The minimum atomic E-state index is -0.0805. The molecule has 1 amide bonds. The van der Waals surface area contributed by atoms with Crippen molar-refractivity contribution in [3.8, 4) is 0 Å². The van der Waals surface area contributed by atoms with E-state index >= 15 is 0 Å². The quantitative estimate of drug-likeness (QED) is 0.574. The molecule has 1 aliphatic rings. The second-order valence-electron chi connectivity index (χ2n) is 8.52. The highest BCUT2D eigenvalue weighted by atomic mass is 16.5. The molecule has 0 unspecified atom stereocenters. The van der Waals surface area contributed by atoms with Crippen LogP contribution in [-0.2, 0) is 13.1 Å². The molecule has 1 fully saturated rings. The van der Waals surface area contributed by atoms with E-state index in [1.54, 1.807) is 19.2 Å². The third kappa shape index (κ3) is 5.58. The van der Waals surface area contributed by atoms with Crippen LogP contribution in [0.3, 0.4) is 0 Å². The highest BCUT2D eigenvalue weighted by Crippen LogP contribution is 2.23. The molecule has 31 heavy (non-hydrogen) atoms. The number of likely N-dealkylation sites (tertiary alicyclic amines) is 1. The van der Waals surface area contributed by atoms with Crippen molar-refractivity contribution in [3.05, 3.63) is 83.0 Å². The summed E-state index contributed by atoms with van der Waals surface area (Å²) in [5.74, 6) is 1.04. The largest absolute Gasteiger partial charge is 0.361 e. The van der Waals surface area contributed by atoms with Crippen molar-refractivity contribution in [2.24, 2.45) is 5.92 Å². The van der Waals surface area contributed by atoms with Crippen molar-refractivity contribution >= 4 is 5.91 Å². The van der Waals surface area contributed by atoms with E-state index in [0.29, 0.717) is 23.9 Å². The Balaban J connectivity index is 1.39. The van der Waals surface area contributed by atoms with Crippen LogP contribution in [0.15, 0.2) is 59.4 Å². The molecule has 0 aliphatic carbocycles. The number of piperidine rings is 1. The average Bonchev–Trinajstić information content (AvgIpc) is 3.23. The standard InChI is InChI=1S/C25H30N4O2/c1-19-6-3-4-8-23(19)18-28-12-9-21(10-13-28)16-29(17-22-7-5-11-26-15-22)25(30)24-14-20(2)31-27-24/h3-8,11,14-15,21H,9-10,12-13,16-18H2,1-2H3. The average molecular weight is 419 g/mol. The second-order valence-corrected chi connectivity index (χ2v) is 8.52. The Morgan fingerprint density at radius 2 is 1.97 bits per heavy atom. The number of benzene rings is 1. The molecule has 1 aliphatic heterocycles. The summed E-state index contributed by atoms with van der Waals surface area (Å²) in [5, 5.41) is 3.95. The fourth-order valence-corrected chi connectivity index (χ4v) is 4.23. The van der Waals surface area contributed by atoms with Crippen LogP contribution in [0.2, 0.25) is 0 Å². The fourth-order valence-electron chi connectivity index (χ4n) is 4.23. The molecule has 6 nitrogen and oxygen atoms in total. The second kappa shape index (κ2) is 9.88. The molecule has 1 saturated heterocycles. The maximum absolute atomic E-state index is 13.2. The molecule has 6 heteroatoms.